The summed E-state index contributed by atoms with van der Waals surface area (Å²) in [5.74, 6) is 2.24. The Hall–Kier alpha value is -2.80. The van der Waals surface area contributed by atoms with Gasteiger partial charge in [0, 0.05) is 12.1 Å². The minimum absolute atomic E-state index is 0.0235. The maximum Gasteiger partial charge on any atom is 0.230 e. The molecule has 0 bridgehead atoms. The molecule has 7 heteroatoms. The van der Waals surface area contributed by atoms with Gasteiger partial charge in [0.05, 0.1) is 12.9 Å². The Morgan fingerprint density at radius 3 is 2.52 bits per heavy atom. The molecule has 3 rings (SSSR count). The van der Waals surface area contributed by atoms with E-state index in [0.29, 0.717) is 23.4 Å². The maximum absolute atomic E-state index is 12.1. The van der Waals surface area contributed by atoms with E-state index in [9.17, 15) is 4.79 Å². The zero-order chi connectivity index (χ0) is 20.6. The molecule has 1 heterocycles. The van der Waals surface area contributed by atoms with Crippen LogP contribution >= 0.6 is 11.8 Å². The third kappa shape index (κ3) is 6.09. The van der Waals surface area contributed by atoms with Crippen molar-refractivity contribution in [3.8, 4) is 17.1 Å². The highest BCUT2D eigenvalue weighted by atomic mass is 32.2. The lowest BCUT2D eigenvalue weighted by atomic mass is 10.0. The molecule has 2 aromatic carbocycles. The number of ether oxygens (including phenoxy) is 1. The Bertz CT molecular complexity index is 921. The number of H-pyrrole nitrogens is 1. The van der Waals surface area contributed by atoms with Crippen molar-refractivity contribution in [1.82, 2.24) is 20.5 Å². The Balaban J connectivity index is 1.42. The van der Waals surface area contributed by atoms with Crippen LogP contribution in [0, 0.1) is 0 Å². The Morgan fingerprint density at radius 2 is 1.86 bits per heavy atom. The van der Waals surface area contributed by atoms with E-state index in [2.05, 4.69) is 58.6 Å². The number of amides is 1. The lowest BCUT2D eigenvalue weighted by Gasteiger charge is -2.07. The van der Waals surface area contributed by atoms with Crippen LogP contribution in [0.3, 0.4) is 0 Å². The average Bonchev–Trinajstić information content (AvgIpc) is 3.22. The summed E-state index contributed by atoms with van der Waals surface area (Å²) in [6.07, 6.45) is 0.817. The molecule has 0 unspecified atom stereocenters. The van der Waals surface area contributed by atoms with Gasteiger partial charge in [-0.3, -0.25) is 9.89 Å². The molecule has 0 saturated carbocycles. The van der Waals surface area contributed by atoms with Crippen molar-refractivity contribution in [1.29, 1.82) is 0 Å². The van der Waals surface area contributed by atoms with Gasteiger partial charge in [-0.15, -0.1) is 5.10 Å². The van der Waals surface area contributed by atoms with Crippen molar-refractivity contribution in [2.45, 2.75) is 31.3 Å². The second-order valence-corrected chi connectivity index (χ2v) is 7.92. The van der Waals surface area contributed by atoms with Gasteiger partial charge in [-0.05, 0) is 47.7 Å². The molecule has 0 radical (unpaired) electrons. The standard InChI is InChI=1S/C22H26N4O2S/c1-15(2)17-6-4-16(5-7-17)12-13-23-20(27)14-29-22-24-21(25-26-22)18-8-10-19(28-3)11-9-18/h4-11,15H,12-14H2,1-3H3,(H,23,27)(H,24,25,26). The van der Waals surface area contributed by atoms with E-state index in [-0.39, 0.29) is 11.7 Å². The smallest absolute Gasteiger partial charge is 0.230 e. The monoisotopic (exact) mass is 410 g/mol. The minimum atomic E-state index is -0.0235. The third-order valence-electron chi connectivity index (χ3n) is 4.54. The molecule has 152 valence electrons. The van der Waals surface area contributed by atoms with Crippen molar-refractivity contribution in [3.05, 3.63) is 59.7 Å². The fourth-order valence-electron chi connectivity index (χ4n) is 2.79. The third-order valence-corrected chi connectivity index (χ3v) is 5.39. The largest absolute Gasteiger partial charge is 0.497 e. The molecule has 0 aliphatic rings. The van der Waals surface area contributed by atoms with E-state index in [0.717, 1.165) is 17.7 Å². The summed E-state index contributed by atoms with van der Waals surface area (Å²) in [5, 5.41) is 10.6. The molecular weight excluding hydrogens is 384 g/mol. The lowest BCUT2D eigenvalue weighted by Crippen LogP contribution is -2.27. The maximum atomic E-state index is 12.1. The van der Waals surface area contributed by atoms with Crippen LogP contribution in [-0.2, 0) is 11.2 Å². The van der Waals surface area contributed by atoms with Gasteiger partial charge in [0.25, 0.3) is 0 Å². The molecule has 0 aliphatic heterocycles. The fourth-order valence-corrected chi connectivity index (χ4v) is 3.41. The summed E-state index contributed by atoms with van der Waals surface area (Å²) in [5.41, 5.74) is 3.47. The molecule has 1 aromatic heterocycles. The quantitative estimate of drug-likeness (QED) is 0.520. The first-order valence-electron chi connectivity index (χ1n) is 9.60. The van der Waals surface area contributed by atoms with E-state index >= 15 is 0 Å². The number of methoxy groups -OCH3 is 1. The van der Waals surface area contributed by atoms with Crippen LogP contribution < -0.4 is 10.1 Å². The van der Waals surface area contributed by atoms with Gasteiger partial charge in [0.1, 0.15) is 5.75 Å². The number of hydrogen-bond donors (Lipinski definition) is 2. The number of carbonyl (C=O) groups is 1. The van der Waals surface area contributed by atoms with Crippen LogP contribution in [-0.4, -0.2) is 40.5 Å². The fraction of sp³-hybridized carbons (Fsp3) is 0.318. The normalized spacial score (nSPS) is 10.9. The number of hydrogen-bond acceptors (Lipinski definition) is 5. The van der Waals surface area contributed by atoms with Crippen LogP contribution in [0.5, 0.6) is 5.75 Å². The van der Waals surface area contributed by atoms with E-state index in [1.54, 1.807) is 7.11 Å². The predicted octanol–water partition coefficient (Wildman–Crippen LogP) is 4.05. The first-order valence-corrected chi connectivity index (χ1v) is 10.6. The first-order chi connectivity index (χ1) is 14.0. The van der Waals surface area contributed by atoms with E-state index in [4.69, 9.17) is 4.74 Å². The topological polar surface area (TPSA) is 79.9 Å². The SMILES string of the molecule is COc1ccc(-c2nc(SCC(=O)NCCc3ccc(C(C)C)cc3)n[nH]2)cc1. The number of nitrogens with zero attached hydrogens (tertiary/aromatic N) is 2. The highest BCUT2D eigenvalue weighted by Crippen LogP contribution is 2.21. The van der Waals surface area contributed by atoms with Gasteiger partial charge in [-0.1, -0.05) is 49.9 Å². The Kier molecular flexibility index (Phi) is 7.30. The number of benzene rings is 2. The van der Waals surface area contributed by atoms with Crippen LogP contribution in [0.2, 0.25) is 0 Å². The van der Waals surface area contributed by atoms with Crippen LogP contribution in [0.1, 0.15) is 30.9 Å². The highest BCUT2D eigenvalue weighted by molar-refractivity contribution is 7.99. The van der Waals surface area contributed by atoms with E-state index in [1.807, 2.05) is 24.3 Å². The summed E-state index contributed by atoms with van der Waals surface area (Å²) < 4.78 is 5.16. The summed E-state index contributed by atoms with van der Waals surface area (Å²) >= 11 is 1.31. The van der Waals surface area contributed by atoms with Crippen LogP contribution in [0.25, 0.3) is 11.4 Å². The number of nitrogens with one attached hydrogen (secondary N) is 2. The summed E-state index contributed by atoms with van der Waals surface area (Å²) in [6, 6.07) is 16.1. The second kappa shape index (κ2) is 10.1. The number of rotatable bonds is 9. The summed E-state index contributed by atoms with van der Waals surface area (Å²) in [4.78, 5) is 16.5. The first kappa shape index (κ1) is 20.9. The van der Waals surface area contributed by atoms with Gasteiger partial charge < -0.3 is 10.1 Å². The van der Waals surface area contributed by atoms with Crippen molar-refractivity contribution >= 4 is 17.7 Å². The van der Waals surface area contributed by atoms with E-state index in [1.165, 1.54) is 22.9 Å². The Labute approximate surface area is 175 Å². The zero-order valence-electron chi connectivity index (χ0n) is 16.9. The number of aromatic amines is 1. The molecule has 1 amide bonds. The Morgan fingerprint density at radius 1 is 1.14 bits per heavy atom. The summed E-state index contributed by atoms with van der Waals surface area (Å²) in [7, 11) is 1.63. The molecule has 0 spiro atoms. The number of carbonyl (C=O) groups excluding carboxylic acids is 1. The zero-order valence-corrected chi connectivity index (χ0v) is 17.8. The molecule has 29 heavy (non-hydrogen) atoms. The van der Waals surface area contributed by atoms with Gasteiger partial charge >= 0.3 is 0 Å². The van der Waals surface area contributed by atoms with Crippen LogP contribution in [0.4, 0.5) is 0 Å². The molecule has 0 aliphatic carbocycles. The number of thioether (sulfide) groups is 1. The molecular formula is C22H26N4O2S. The lowest BCUT2D eigenvalue weighted by molar-refractivity contribution is -0.118. The number of aromatic nitrogens is 3. The average molecular weight is 411 g/mol. The molecule has 0 atom stereocenters. The van der Waals surface area contributed by atoms with Crippen molar-refractivity contribution in [2.75, 3.05) is 19.4 Å². The molecule has 0 fully saturated rings. The second-order valence-electron chi connectivity index (χ2n) is 6.98. The van der Waals surface area contributed by atoms with E-state index < -0.39 is 0 Å². The van der Waals surface area contributed by atoms with Gasteiger partial charge in [0.15, 0.2) is 5.82 Å². The molecule has 3 aromatic rings. The molecule has 6 nitrogen and oxygen atoms in total. The van der Waals surface area contributed by atoms with Gasteiger partial charge in [-0.25, -0.2) is 4.98 Å². The summed E-state index contributed by atoms with van der Waals surface area (Å²) in [6.45, 7) is 4.98. The van der Waals surface area contributed by atoms with Crippen molar-refractivity contribution < 1.29 is 9.53 Å². The van der Waals surface area contributed by atoms with Crippen LogP contribution in [0.15, 0.2) is 53.7 Å². The predicted molar refractivity (Wildman–Crippen MR) is 116 cm³/mol. The molecule has 2 N–H and O–H groups in total. The minimum Gasteiger partial charge on any atom is -0.497 e. The molecule has 0 saturated heterocycles. The highest BCUT2D eigenvalue weighted by Gasteiger charge is 2.09. The van der Waals surface area contributed by atoms with Gasteiger partial charge in [-0.2, -0.15) is 0 Å². The van der Waals surface area contributed by atoms with Crippen molar-refractivity contribution in [3.63, 3.8) is 0 Å². The van der Waals surface area contributed by atoms with Crippen molar-refractivity contribution in [2.24, 2.45) is 0 Å². The van der Waals surface area contributed by atoms with Gasteiger partial charge in [0.2, 0.25) is 11.1 Å².